The molecule has 0 aliphatic heterocycles. The van der Waals surface area contributed by atoms with Crippen molar-refractivity contribution < 1.29 is 9.90 Å². The molecule has 104 valence electrons. The maximum Gasteiger partial charge on any atom is 0.120 e. The second-order valence-electron chi connectivity index (χ2n) is 6.85. The van der Waals surface area contributed by atoms with E-state index in [-0.39, 0.29) is 0 Å². The molecule has 0 bridgehead atoms. The minimum Gasteiger partial charge on any atom is -0.396 e. The second-order valence-corrected chi connectivity index (χ2v) is 6.85. The van der Waals surface area contributed by atoms with Crippen LogP contribution in [0.4, 0.5) is 0 Å². The summed E-state index contributed by atoms with van der Waals surface area (Å²) in [4.78, 5) is 10.6. The molecule has 18 heavy (non-hydrogen) atoms. The number of carbonyl (C=O) groups is 1. The van der Waals surface area contributed by atoms with Crippen LogP contribution < -0.4 is 0 Å². The van der Waals surface area contributed by atoms with Crippen LogP contribution in [0.25, 0.3) is 0 Å². The number of hydrogen-bond acceptors (Lipinski definition) is 2. The highest BCUT2D eigenvalue weighted by atomic mass is 16.3. The molecule has 0 radical (unpaired) electrons. The number of aldehydes is 1. The average molecular weight is 252 g/mol. The van der Waals surface area contributed by atoms with E-state index in [0.717, 1.165) is 24.5 Å². The maximum absolute atomic E-state index is 10.6. The Labute approximate surface area is 111 Å². The Kier molecular flexibility index (Phi) is 4.47. The zero-order valence-electron chi connectivity index (χ0n) is 11.9. The van der Waals surface area contributed by atoms with Crippen LogP contribution in [-0.4, -0.2) is 18.0 Å². The topological polar surface area (TPSA) is 37.3 Å². The van der Waals surface area contributed by atoms with E-state index in [4.69, 9.17) is 0 Å². The van der Waals surface area contributed by atoms with Crippen molar-refractivity contribution in [3.63, 3.8) is 0 Å². The predicted octanol–water partition coefficient (Wildman–Crippen LogP) is 3.43. The molecule has 1 N–H and O–H groups in total. The van der Waals surface area contributed by atoms with Crippen molar-refractivity contribution in [3.8, 4) is 0 Å². The molecule has 2 aliphatic carbocycles. The molecule has 0 saturated heterocycles. The van der Waals surface area contributed by atoms with Crippen molar-refractivity contribution >= 4 is 6.29 Å². The number of hydrogen-bond donors (Lipinski definition) is 1. The molecule has 0 spiro atoms. The SMILES string of the molecule is CC(CCC=O)[C@H]1CCC2C(CO)CCC[C@@]21C. The first kappa shape index (κ1) is 14.0. The van der Waals surface area contributed by atoms with Gasteiger partial charge in [0, 0.05) is 13.0 Å². The third-order valence-electron chi connectivity index (χ3n) is 6.00. The summed E-state index contributed by atoms with van der Waals surface area (Å²) in [5.74, 6) is 2.67. The van der Waals surface area contributed by atoms with Crippen molar-refractivity contribution in [2.24, 2.45) is 29.1 Å². The van der Waals surface area contributed by atoms with Gasteiger partial charge in [-0.1, -0.05) is 20.3 Å². The van der Waals surface area contributed by atoms with E-state index in [0.29, 0.717) is 30.3 Å². The molecular formula is C16H28O2. The van der Waals surface area contributed by atoms with Crippen LogP contribution in [0.5, 0.6) is 0 Å². The molecular weight excluding hydrogens is 224 g/mol. The first-order valence-corrected chi connectivity index (χ1v) is 7.68. The fourth-order valence-electron chi connectivity index (χ4n) is 5.07. The van der Waals surface area contributed by atoms with E-state index in [1.807, 2.05) is 0 Å². The summed E-state index contributed by atoms with van der Waals surface area (Å²) < 4.78 is 0. The van der Waals surface area contributed by atoms with Gasteiger partial charge in [-0.05, 0) is 61.2 Å². The Morgan fingerprint density at radius 1 is 1.39 bits per heavy atom. The van der Waals surface area contributed by atoms with Gasteiger partial charge in [0.05, 0.1) is 0 Å². The van der Waals surface area contributed by atoms with Gasteiger partial charge in [-0.3, -0.25) is 0 Å². The molecule has 3 unspecified atom stereocenters. The molecule has 2 fully saturated rings. The second kappa shape index (κ2) is 5.73. The van der Waals surface area contributed by atoms with E-state index in [1.54, 1.807) is 0 Å². The van der Waals surface area contributed by atoms with E-state index in [9.17, 15) is 9.90 Å². The Balaban J connectivity index is 2.08. The smallest absolute Gasteiger partial charge is 0.120 e. The highest BCUT2D eigenvalue weighted by molar-refractivity contribution is 5.49. The first-order chi connectivity index (χ1) is 8.63. The first-order valence-electron chi connectivity index (χ1n) is 7.68. The monoisotopic (exact) mass is 252 g/mol. The molecule has 0 aromatic carbocycles. The standard InChI is InChI=1S/C16H28O2/c1-12(5-4-10-17)14-7-8-15-13(11-18)6-3-9-16(14,15)2/h10,12-15,18H,3-9,11H2,1-2H3/t12?,13?,14-,15?,16-/m1/s1. The van der Waals surface area contributed by atoms with Crippen LogP contribution in [0.3, 0.4) is 0 Å². The van der Waals surface area contributed by atoms with Gasteiger partial charge >= 0.3 is 0 Å². The zero-order valence-corrected chi connectivity index (χ0v) is 11.9. The molecule has 2 aliphatic rings. The van der Waals surface area contributed by atoms with E-state index in [1.165, 1.54) is 32.1 Å². The summed E-state index contributed by atoms with van der Waals surface area (Å²) in [6, 6.07) is 0. The minimum absolute atomic E-state index is 0.371. The molecule has 0 aromatic heterocycles. The number of aliphatic hydroxyl groups excluding tert-OH is 1. The van der Waals surface area contributed by atoms with Crippen LogP contribution in [0.15, 0.2) is 0 Å². The minimum atomic E-state index is 0.371. The summed E-state index contributed by atoms with van der Waals surface area (Å²) >= 11 is 0. The number of carbonyl (C=O) groups excluding carboxylic acids is 1. The zero-order chi connectivity index (χ0) is 13.2. The van der Waals surface area contributed by atoms with E-state index in [2.05, 4.69) is 13.8 Å². The number of fused-ring (bicyclic) bond motifs is 1. The largest absolute Gasteiger partial charge is 0.396 e. The number of rotatable bonds is 5. The number of aliphatic hydroxyl groups is 1. The van der Waals surface area contributed by atoms with Gasteiger partial charge in [0.1, 0.15) is 6.29 Å². The summed E-state index contributed by atoms with van der Waals surface area (Å²) in [7, 11) is 0. The lowest BCUT2D eigenvalue weighted by molar-refractivity contribution is -0.108. The van der Waals surface area contributed by atoms with Crippen molar-refractivity contribution in [1.29, 1.82) is 0 Å². The lowest BCUT2D eigenvalue weighted by atomic mass is 9.59. The molecule has 0 amide bonds. The van der Waals surface area contributed by atoms with Gasteiger partial charge < -0.3 is 9.90 Å². The van der Waals surface area contributed by atoms with E-state index >= 15 is 0 Å². The Bertz CT molecular complexity index is 289. The van der Waals surface area contributed by atoms with Gasteiger partial charge in [-0.25, -0.2) is 0 Å². The fourth-order valence-corrected chi connectivity index (χ4v) is 5.07. The van der Waals surface area contributed by atoms with Crippen molar-refractivity contribution in [2.75, 3.05) is 6.61 Å². The molecule has 2 nitrogen and oxygen atoms in total. The third-order valence-corrected chi connectivity index (χ3v) is 6.00. The van der Waals surface area contributed by atoms with Crippen molar-refractivity contribution in [1.82, 2.24) is 0 Å². The summed E-state index contributed by atoms with van der Waals surface area (Å²) in [6.45, 7) is 5.15. The van der Waals surface area contributed by atoms with Crippen molar-refractivity contribution in [2.45, 2.75) is 58.8 Å². The molecule has 0 aromatic rings. The third kappa shape index (κ3) is 2.36. The van der Waals surface area contributed by atoms with Gasteiger partial charge in [0.25, 0.3) is 0 Å². The Hall–Kier alpha value is -0.370. The molecule has 2 rings (SSSR count). The van der Waals surface area contributed by atoms with Crippen LogP contribution in [0, 0.1) is 29.1 Å². The maximum atomic E-state index is 10.6. The van der Waals surface area contributed by atoms with Gasteiger partial charge in [-0.15, -0.1) is 0 Å². The normalized spacial score (nSPS) is 41.4. The van der Waals surface area contributed by atoms with Gasteiger partial charge in [-0.2, -0.15) is 0 Å². The van der Waals surface area contributed by atoms with Crippen LogP contribution in [0.2, 0.25) is 0 Å². The van der Waals surface area contributed by atoms with Crippen LogP contribution in [0.1, 0.15) is 58.8 Å². The van der Waals surface area contributed by atoms with Gasteiger partial charge in [0.15, 0.2) is 0 Å². The lowest BCUT2D eigenvalue weighted by Gasteiger charge is -2.46. The Morgan fingerprint density at radius 3 is 2.83 bits per heavy atom. The predicted molar refractivity (Wildman–Crippen MR) is 73.2 cm³/mol. The quantitative estimate of drug-likeness (QED) is 0.761. The molecule has 2 saturated carbocycles. The summed E-state index contributed by atoms with van der Waals surface area (Å²) in [6.07, 6.45) is 9.21. The summed E-state index contributed by atoms with van der Waals surface area (Å²) in [5, 5.41) is 9.57. The van der Waals surface area contributed by atoms with Gasteiger partial charge in [0.2, 0.25) is 0 Å². The van der Waals surface area contributed by atoms with Crippen molar-refractivity contribution in [3.05, 3.63) is 0 Å². The summed E-state index contributed by atoms with van der Waals surface area (Å²) in [5.41, 5.74) is 0.425. The molecule has 0 heterocycles. The fraction of sp³-hybridized carbons (Fsp3) is 0.938. The van der Waals surface area contributed by atoms with Crippen LogP contribution >= 0.6 is 0 Å². The van der Waals surface area contributed by atoms with Crippen LogP contribution in [-0.2, 0) is 4.79 Å². The van der Waals surface area contributed by atoms with E-state index < -0.39 is 0 Å². The highest BCUT2D eigenvalue weighted by Crippen LogP contribution is 2.59. The average Bonchev–Trinajstić information content (AvgIpc) is 2.72. The molecule has 5 atom stereocenters. The molecule has 2 heteroatoms. The lowest BCUT2D eigenvalue weighted by Crippen LogP contribution is -2.40. The Morgan fingerprint density at radius 2 is 2.17 bits per heavy atom. The highest BCUT2D eigenvalue weighted by Gasteiger charge is 2.51.